The van der Waals surface area contributed by atoms with Gasteiger partial charge in [-0.05, 0) is 59.2 Å². The number of nitrogens with zero attached hydrogens (tertiary/aromatic N) is 1. The summed E-state index contributed by atoms with van der Waals surface area (Å²) in [5.74, 6) is -0.752. The zero-order valence-electron chi connectivity index (χ0n) is 12.7. The van der Waals surface area contributed by atoms with Crippen LogP contribution in [-0.4, -0.2) is 47.7 Å². The fraction of sp³-hybridized carbons (Fsp3) is 0.933. The third kappa shape index (κ3) is 4.77. The molecule has 4 nitrogen and oxygen atoms in total. The fourth-order valence-electron chi connectivity index (χ4n) is 2.97. The van der Waals surface area contributed by atoms with Gasteiger partial charge >= 0.3 is 5.97 Å². The van der Waals surface area contributed by atoms with Crippen LogP contribution < -0.4 is 5.32 Å². The molecule has 1 saturated heterocycles. The van der Waals surface area contributed by atoms with E-state index in [4.69, 9.17) is 0 Å². The van der Waals surface area contributed by atoms with Crippen molar-refractivity contribution in [2.45, 2.75) is 70.4 Å². The van der Waals surface area contributed by atoms with E-state index in [1.54, 1.807) is 14.0 Å². The molecule has 1 aliphatic rings. The number of carboxylic acid groups (broad SMARTS) is 1. The Hall–Kier alpha value is -0.610. The lowest BCUT2D eigenvalue weighted by Gasteiger charge is -2.31. The van der Waals surface area contributed by atoms with Crippen LogP contribution in [-0.2, 0) is 4.79 Å². The maximum Gasteiger partial charge on any atom is 0.323 e. The average Bonchev–Trinajstić information content (AvgIpc) is 2.63. The molecule has 0 amide bonds. The second-order valence-corrected chi connectivity index (χ2v) is 5.94. The van der Waals surface area contributed by atoms with Crippen LogP contribution >= 0.6 is 0 Å². The number of hydrogen-bond donors (Lipinski definition) is 2. The zero-order chi connectivity index (χ0) is 14.3. The largest absolute Gasteiger partial charge is 0.480 e. The minimum Gasteiger partial charge on any atom is -0.480 e. The summed E-state index contributed by atoms with van der Waals surface area (Å²) in [6.07, 6.45) is 8.13. The van der Waals surface area contributed by atoms with Gasteiger partial charge in [0.05, 0.1) is 0 Å². The molecule has 1 fully saturated rings. The Bertz CT molecular complexity index is 283. The number of carbonyl (C=O) groups is 1. The van der Waals surface area contributed by atoms with Crippen molar-refractivity contribution in [1.82, 2.24) is 10.2 Å². The minimum atomic E-state index is -0.784. The highest BCUT2D eigenvalue weighted by molar-refractivity contribution is 5.78. The number of nitrogens with one attached hydrogen (secondary N) is 1. The molecule has 4 heteroatoms. The predicted molar refractivity (Wildman–Crippen MR) is 78.5 cm³/mol. The Morgan fingerprint density at radius 3 is 2.74 bits per heavy atom. The summed E-state index contributed by atoms with van der Waals surface area (Å²) < 4.78 is 0. The van der Waals surface area contributed by atoms with Gasteiger partial charge in [-0.3, -0.25) is 4.79 Å². The lowest BCUT2D eigenvalue weighted by molar-refractivity contribution is -0.144. The first kappa shape index (κ1) is 16.4. The van der Waals surface area contributed by atoms with Gasteiger partial charge in [0, 0.05) is 6.04 Å². The van der Waals surface area contributed by atoms with Crippen LogP contribution in [0.25, 0.3) is 0 Å². The standard InChI is InChI=1S/C15H30N2O2/c1-4-13-9-6-5-7-11-17(13)12-8-10-15(2,16-3)14(18)19/h13,16H,4-12H2,1-3H3,(H,18,19). The van der Waals surface area contributed by atoms with E-state index in [1.165, 1.54) is 38.6 Å². The van der Waals surface area contributed by atoms with Crippen LogP contribution in [0.1, 0.15) is 58.8 Å². The predicted octanol–water partition coefficient (Wildman–Crippen LogP) is 2.48. The summed E-state index contributed by atoms with van der Waals surface area (Å²) in [5, 5.41) is 12.2. The van der Waals surface area contributed by atoms with Crippen molar-refractivity contribution in [3.8, 4) is 0 Å². The van der Waals surface area contributed by atoms with Crippen molar-refractivity contribution >= 4 is 5.97 Å². The van der Waals surface area contributed by atoms with E-state index in [2.05, 4.69) is 17.1 Å². The first-order chi connectivity index (χ1) is 9.03. The molecule has 0 aliphatic carbocycles. The van der Waals surface area contributed by atoms with Gasteiger partial charge in [0.2, 0.25) is 0 Å². The highest BCUT2D eigenvalue weighted by Crippen LogP contribution is 2.20. The van der Waals surface area contributed by atoms with Crippen molar-refractivity contribution in [2.24, 2.45) is 0 Å². The Morgan fingerprint density at radius 2 is 2.16 bits per heavy atom. The molecule has 2 N–H and O–H groups in total. The molecular weight excluding hydrogens is 240 g/mol. The lowest BCUT2D eigenvalue weighted by atomic mass is 9.96. The summed E-state index contributed by atoms with van der Waals surface area (Å²) in [6.45, 7) is 6.25. The molecule has 0 saturated carbocycles. The Morgan fingerprint density at radius 1 is 1.42 bits per heavy atom. The van der Waals surface area contributed by atoms with Gasteiger partial charge in [0.15, 0.2) is 0 Å². The van der Waals surface area contributed by atoms with Crippen LogP contribution in [0.4, 0.5) is 0 Å². The van der Waals surface area contributed by atoms with E-state index in [0.29, 0.717) is 12.5 Å². The Balaban J connectivity index is 2.43. The Kier molecular flexibility index (Phi) is 6.80. The molecule has 2 atom stereocenters. The fourth-order valence-corrected chi connectivity index (χ4v) is 2.97. The summed E-state index contributed by atoms with van der Waals surface area (Å²) in [7, 11) is 1.73. The van der Waals surface area contributed by atoms with Crippen molar-refractivity contribution < 1.29 is 9.90 Å². The molecule has 0 bridgehead atoms. The molecule has 1 aliphatic heterocycles. The average molecular weight is 270 g/mol. The van der Waals surface area contributed by atoms with Gasteiger partial charge in [-0.1, -0.05) is 19.8 Å². The van der Waals surface area contributed by atoms with E-state index in [1.807, 2.05) is 0 Å². The number of aliphatic carboxylic acids is 1. The molecule has 2 unspecified atom stereocenters. The quantitative estimate of drug-likeness (QED) is 0.746. The third-order valence-electron chi connectivity index (χ3n) is 4.62. The van der Waals surface area contributed by atoms with Gasteiger partial charge in [-0.2, -0.15) is 0 Å². The van der Waals surface area contributed by atoms with Crippen molar-refractivity contribution in [2.75, 3.05) is 20.1 Å². The van der Waals surface area contributed by atoms with E-state index in [-0.39, 0.29) is 0 Å². The van der Waals surface area contributed by atoms with Gasteiger partial charge < -0.3 is 15.3 Å². The van der Waals surface area contributed by atoms with Crippen LogP contribution in [0.2, 0.25) is 0 Å². The van der Waals surface area contributed by atoms with E-state index in [0.717, 1.165) is 13.0 Å². The number of likely N-dealkylation sites (N-methyl/N-ethyl adjacent to an activating group) is 1. The topological polar surface area (TPSA) is 52.6 Å². The number of rotatable bonds is 7. The van der Waals surface area contributed by atoms with Crippen LogP contribution in [0, 0.1) is 0 Å². The summed E-state index contributed by atoms with van der Waals surface area (Å²) in [4.78, 5) is 13.8. The normalized spacial score (nSPS) is 24.7. The van der Waals surface area contributed by atoms with Gasteiger partial charge in [0.1, 0.15) is 5.54 Å². The van der Waals surface area contributed by atoms with Crippen LogP contribution in [0.15, 0.2) is 0 Å². The molecule has 0 spiro atoms. The van der Waals surface area contributed by atoms with E-state index >= 15 is 0 Å². The monoisotopic (exact) mass is 270 g/mol. The van der Waals surface area contributed by atoms with Crippen LogP contribution in [0.5, 0.6) is 0 Å². The second-order valence-electron chi connectivity index (χ2n) is 5.94. The molecule has 1 rings (SSSR count). The number of hydrogen-bond acceptors (Lipinski definition) is 3. The first-order valence-electron chi connectivity index (χ1n) is 7.70. The highest BCUT2D eigenvalue weighted by atomic mass is 16.4. The highest BCUT2D eigenvalue weighted by Gasteiger charge is 2.30. The summed E-state index contributed by atoms with van der Waals surface area (Å²) in [6, 6.07) is 0.702. The van der Waals surface area contributed by atoms with Gasteiger partial charge in [0.25, 0.3) is 0 Å². The van der Waals surface area contributed by atoms with Crippen LogP contribution in [0.3, 0.4) is 0 Å². The maximum absolute atomic E-state index is 11.2. The van der Waals surface area contributed by atoms with Gasteiger partial charge in [-0.15, -0.1) is 0 Å². The molecule has 112 valence electrons. The minimum absolute atomic E-state index is 0.686. The lowest BCUT2D eigenvalue weighted by Crippen LogP contribution is -2.48. The molecule has 0 aromatic carbocycles. The molecule has 0 aromatic heterocycles. The van der Waals surface area contributed by atoms with Gasteiger partial charge in [-0.25, -0.2) is 0 Å². The first-order valence-corrected chi connectivity index (χ1v) is 7.70. The second kappa shape index (κ2) is 7.85. The Labute approximate surface area is 117 Å². The van der Waals surface area contributed by atoms with Crippen molar-refractivity contribution in [3.05, 3.63) is 0 Å². The molecule has 0 aromatic rings. The maximum atomic E-state index is 11.2. The van der Waals surface area contributed by atoms with E-state index in [9.17, 15) is 9.90 Å². The summed E-state index contributed by atoms with van der Waals surface area (Å²) >= 11 is 0. The van der Waals surface area contributed by atoms with Crippen molar-refractivity contribution in [1.29, 1.82) is 0 Å². The van der Waals surface area contributed by atoms with E-state index < -0.39 is 11.5 Å². The third-order valence-corrected chi connectivity index (χ3v) is 4.62. The molecular formula is C15H30N2O2. The summed E-state index contributed by atoms with van der Waals surface area (Å²) in [5.41, 5.74) is -0.784. The van der Waals surface area contributed by atoms with Crippen molar-refractivity contribution in [3.63, 3.8) is 0 Å². The number of carboxylic acids is 1. The number of likely N-dealkylation sites (tertiary alicyclic amines) is 1. The smallest absolute Gasteiger partial charge is 0.323 e. The molecule has 19 heavy (non-hydrogen) atoms. The molecule has 1 heterocycles. The SMILES string of the molecule is CCC1CCCCCN1CCCC(C)(NC)C(=O)O. The molecule has 0 radical (unpaired) electrons. The zero-order valence-corrected chi connectivity index (χ0v) is 12.7.